The van der Waals surface area contributed by atoms with Crippen molar-refractivity contribution in [2.24, 2.45) is 0 Å². The number of nitrogens with zero attached hydrogens (tertiary/aromatic N) is 4. The molecule has 0 saturated carbocycles. The Morgan fingerprint density at radius 1 is 1.23 bits per heavy atom. The molecule has 22 heavy (non-hydrogen) atoms. The van der Waals surface area contributed by atoms with Crippen molar-refractivity contribution in [2.75, 3.05) is 32.1 Å². The summed E-state index contributed by atoms with van der Waals surface area (Å²) in [6.45, 7) is 2.10. The Kier molecular flexibility index (Phi) is 4.95. The summed E-state index contributed by atoms with van der Waals surface area (Å²) in [5, 5.41) is 0.995. The monoisotopic (exact) mass is 314 g/mol. The number of aromatic nitrogens is 2. The van der Waals surface area contributed by atoms with Gasteiger partial charge in [0.25, 0.3) is 0 Å². The van der Waals surface area contributed by atoms with Gasteiger partial charge in [-0.1, -0.05) is 30.3 Å². The maximum atomic E-state index is 4.77. The Bertz CT molecular complexity index is 603. The third kappa shape index (κ3) is 3.78. The van der Waals surface area contributed by atoms with Gasteiger partial charge in [0.2, 0.25) is 0 Å². The maximum Gasteiger partial charge on any atom is 0.148 e. The van der Waals surface area contributed by atoms with Crippen LogP contribution < -0.4 is 4.90 Å². The maximum absolute atomic E-state index is 4.77. The van der Waals surface area contributed by atoms with E-state index in [0.717, 1.165) is 29.7 Å². The van der Waals surface area contributed by atoms with Crippen LogP contribution in [0.2, 0.25) is 0 Å². The fourth-order valence-corrected chi connectivity index (χ4v) is 3.46. The molecule has 5 heteroatoms. The molecule has 116 valence electrons. The van der Waals surface area contributed by atoms with Gasteiger partial charge >= 0.3 is 0 Å². The lowest BCUT2D eigenvalue weighted by molar-refractivity contribution is 0.315. The minimum absolute atomic E-state index is 0.613. The first-order chi connectivity index (χ1) is 10.7. The lowest BCUT2D eigenvalue weighted by atomic mass is 10.2. The second-order valence-electron chi connectivity index (χ2n) is 5.84. The largest absolute Gasteiger partial charge is 0.354 e. The van der Waals surface area contributed by atoms with Gasteiger partial charge < -0.3 is 9.80 Å². The molecule has 1 unspecified atom stereocenters. The molecule has 0 N–H and O–H groups in total. The Hall–Kier alpha value is -1.59. The average molecular weight is 314 g/mol. The van der Waals surface area contributed by atoms with Crippen LogP contribution in [0.25, 0.3) is 0 Å². The lowest BCUT2D eigenvalue weighted by Crippen LogP contribution is -2.31. The number of hydrogen-bond donors (Lipinski definition) is 0. The van der Waals surface area contributed by atoms with Gasteiger partial charge in [-0.05, 0) is 26.1 Å². The Morgan fingerprint density at radius 2 is 2.05 bits per heavy atom. The van der Waals surface area contributed by atoms with Crippen molar-refractivity contribution in [1.82, 2.24) is 14.9 Å². The van der Waals surface area contributed by atoms with Crippen LogP contribution in [0.1, 0.15) is 12.0 Å². The van der Waals surface area contributed by atoms with Crippen molar-refractivity contribution in [1.29, 1.82) is 0 Å². The van der Waals surface area contributed by atoms with Gasteiger partial charge in [0.05, 0.1) is 12.4 Å². The first-order valence-corrected chi connectivity index (χ1v) is 8.61. The standard InChI is InChI=1S/C17H22N4S/c1-20(2)15-8-9-21(12-15)16-10-18-11-17(19-16)22-13-14-6-4-3-5-7-14/h3-7,10-11,15H,8-9,12-13H2,1-2H3. The van der Waals surface area contributed by atoms with Gasteiger partial charge in [-0.25, -0.2) is 4.98 Å². The van der Waals surface area contributed by atoms with Crippen LogP contribution >= 0.6 is 11.8 Å². The second-order valence-corrected chi connectivity index (χ2v) is 6.84. The van der Waals surface area contributed by atoms with E-state index in [1.807, 2.05) is 18.5 Å². The molecular formula is C17H22N4S. The molecule has 3 rings (SSSR count). The zero-order valence-electron chi connectivity index (χ0n) is 13.1. The highest BCUT2D eigenvalue weighted by Crippen LogP contribution is 2.24. The average Bonchev–Trinajstić information content (AvgIpc) is 3.05. The molecule has 2 heterocycles. The van der Waals surface area contributed by atoms with Crippen LogP contribution in [-0.4, -0.2) is 48.1 Å². The Balaban J connectivity index is 1.63. The van der Waals surface area contributed by atoms with Crippen LogP contribution in [0.3, 0.4) is 0 Å². The molecule has 1 aliphatic heterocycles. The fraction of sp³-hybridized carbons (Fsp3) is 0.412. The normalized spacial score (nSPS) is 18.1. The predicted octanol–water partition coefficient (Wildman–Crippen LogP) is 2.91. The van der Waals surface area contributed by atoms with E-state index in [-0.39, 0.29) is 0 Å². The van der Waals surface area contributed by atoms with Crippen LogP contribution in [0.5, 0.6) is 0 Å². The minimum atomic E-state index is 0.613. The van der Waals surface area contributed by atoms with E-state index < -0.39 is 0 Å². The predicted molar refractivity (Wildman–Crippen MR) is 92.3 cm³/mol. The summed E-state index contributed by atoms with van der Waals surface area (Å²) in [6, 6.07) is 11.1. The molecule has 0 aliphatic carbocycles. The van der Waals surface area contributed by atoms with E-state index in [4.69, 9.17) is 4.98 Å². The van der Waals surface area contributed by atoms with Crippen LogP contribution in [0.4, 0.5) is 5.82 Å². The molecule has 1 fully saturated rings. The highest BCUT2D eigenvalue weighted by Gasteiger charge is 2.25. The van der Waals surface area contributed by atoms with E-state index in [1.54, 1.807) is 11.8 Å². The number of rotatable bonds is 5. The molecule has 0 amide bonds. The van der Waals surface area contributed by atoms with Crippen molar-refractivity contribution in [3.05, 3.63) is 48.3 Å². The molecular weight excluding hydrogens is 292 g/mol. The number of thioether (sulfide) groups is 1. The Labute approximate surface area is 136 Å². The van der Waals surface area contributed by atoms with Crippen LogP contribution in [0, 0.1) is 0 Å². The molecule has 1 atom stereocenters. The molecule has 0 bridgehead atoms. The highest BCUT2D eigenvalue weighted by molar-refractivity contribution is 7.98. The molecule has 1 aromatic heterocycles. The first-order valence-electron chi connectivity index (χ1n) is 7.62. The molecule has 4 nitrogen and oxygen atoms in total. The van der Waals surface area contributed by atoms with Gasteiger partial charge in [-0.2, -0.15) is 0 Å². The quantitative estimate of drug-likeness (QED) is 0.792. The summed E-state index contributed by atoms with van der Waals surface area (Å²) in [4.78, 5) is 13.8. The van der Waals surface area contributed by atoms with Crippen molar-refractivity contribution in [2.45, 2.75) is 23.2 Å². The summed E-state index contributed by atoms with van der Waals surface area (Å²) in [5.41, 5.74) is 1.31. The van der Waals surface area contributed by atoms with Gasteiger partial charge in [0, 0.05) is 24.9 Å². The van der Waals surface area contributed by atoms with E-state index in [0.29, 0.717) is 6.04 Å². The van der Waals surface area contributed by atoms with Crippen molar-refractivity contribution in [3.63, 3.8) is 0 Å². The number of hydrogen-bond acceptors (Lipinski definition) is 5. The third-order valence-electron chi connectivity index (χ3n) is 4.05. The smallest absolute Gasteiger partial charge is 0.148 e. The van der Waals surface area contributed by atoms with E-state index in [9.17, 15) is 0 Å². The third-order valence-corrected chi connectivity index (χ3v) is 5.02. The van der Waals surface area contributed by atoms with Crippen molar-refractivity contribution < 1.29 is 0 Å². The lowest BCUT2D eigenvalue weighted by Gasteiger charge is -2.21. The molecule has 1 aliphatic rings. The topological polar surface area (TPSA) is 32.3 Å². The fourth-order valence-electron chi connectivity index (χ4n) is 2.66. The van der Waals surface area contributed by atoms with E-state index in [1.165, 1.54) is 12.0 Å². The highest BCUT2D eigenvalue weighted by atomic mass is 32.2. The van der Waals surface area contributed by atoms with Crippen LogP contribution in [0.15, 0.2) is 47.8 Å². The summed E-state index contributed by atoms with van der Waals surface area (Å²) < 4.78 is 0. The van der Waals surface area contributed by atoms with Crippen molar-refractivity contribution >= 4 is 17.6 Å². The second kappa shape index (κ2) is 7.11. The molecule has 1 aromatic carbocycles. The van der Waals surface area contributed by atoms with Crippen molar-refractivity contribution in [3.8, 4) is 0 Å². The van der Waals surface area contributed by atoms with Gasteiger partial charge in [-0.15, -0.1) is 11.8 Å². The SMILES string of the molecule is CN(C)C1CCN(c2cncc(SCc3ccccc3)n2)C1. The molecule has 0 radical (unpaired) electrons. The van der Waals surface area contributed by atoms with Gasteiger partial charge in [-0.3, -0.25) is 4.98 Å². The van der Waals surface area contributed by atoms with E-state index >= 15 is 0 Å². The zero-order chi connectivity index (χ0) is 15.4. The molecule has 0 spiro atoms. The summed E-state index contributed by atoms with van der Waals surface area (Å²) in [7, 11) is 4.29. The summed E-state index contributed by atoms with van der Waals surface area (Å²) in [5.74, 6) is 1.93. The van der Waals surface area contributed by atoms with Gasteiger partial charge in [0.15, 0.2) is 0 Å². The van der Waals surface area contributed by atoms with E-state index in [2.05, 4.69) is 53.1 Å². The first kappa shape index (κ1) is 15.3. The number of anilines is 1. The van der Waals surface area contributed by atoms with Gasteiger partial charge in [0.1, 0.15) is 10.8 Å². The minimum Gasteiger partial charge on any atom is -0.354 e. The van der Waals surface area contributed by atoms with Crippen LogP contribution in [-0.2, 0) is 5.75 Å². The number of likely N-dealkylation sites (N-methyl/N-ethyl adjacent to an activating group) is 1. The molecule has 2 aromatic rings. The summed E-state index contributed by atoms with van der Waals surface area (Å²) in [6.07, 6.45) is 4.93. The number of benzene rings is 1. The molecule has 1 saturated heterocycles. The Morgan fingerprint density at radius 3 is 2.77 bits per heavy atom. The zero-order valence-corrected chi connectivity index (χ0v) is 14.0. The summed E-state index contributed by atoms with van der Waals surface area (Å²) >= 11 is 1.74.